The Balaban J connectivity index is 1.97. The number of halogens is 1. The molecule has 118 valence electrons. The van der Waals surface area contributed by atoms with Gasteiger partial charge >= 0.3 is 0 Å². The molecule has 0 fully saturated rings. The summed E-state index contributed by atoms with van der Waals surface area (Å²) in [6, 6.07) is 16.2. The van der Waals surface area contributed by atoms with Crippen molar-refractivity contribution in [1.29, 1.82) is 0 Å². The first-order valence-electron chi connectivity index (χ1n) is 7.54. The van der Waals surface area contributed by atoms with E-state index in [-0.39, 0.29) is 11.0 Å². The number of para-hydroxylation sites is 1. The van der Waals surface area contributed by atoms with Crippen LogP contribution in [-0.4, -0.2) is 15.6 Å². The van der Waals surface area contributed by atoms with Gasteiger partial charge in [0.2, 0.25) is 0 Å². The first kappa shape index (κ1) is 16.2. The topological polar surface area (TPSA) is 22.0 Å². The average molecular weight is 344 g/mol. The van der Waals surface area contributed by atoms with E-state index in [9.17, 15) is 4.79 Å². The van der Waals surface area contributed by atoms with Gasteiger partial charge in [0.1, 0.15) is 5.78 Å². The van der Waals surface area contributed by atoms with E-state index in [4.69, 9.17) is 11.6 Å². The van der Waals surface area contributed by atoms with Gasteiger partial charge in [0.25, 0.3) is 0 Å². The van der Waals surface area contributed by atoms with Crippen LogP contribution in [0, 0.1) is 0 Å². The van der Waals surface area contributed by atoms with Gasteiger partial charge < -0.3 is 4.57 Å². The highest BCUT2D eigenvalue weighted by Gasteiger charge is 2.14. The SMILES string of the molecule is CC(=O)C(C)Sc1cn(Cc2ccc(Cl)cc2)c2ccccc12. The number of carbonyl (C=O) groups is 1. The van der Waals surface area contributed by atoms with E-state index in [1.54, 1.807) is 18.7 Å². The summed E-state index contributed by atoms with van der Waals surface area (Å²) in [5.74, 6) is 0.199. The summed E-state index contributed by atoms with van der Waals surface area (Å²) < 4.78 is 2.23. The van der Waals surface area contributed by atoms with Crippen LogP contribution in [0.2, 0.25) is 5.02 Å². The van der Waals surface area contributed by atoms with Gasteiger partial charge in [0, 0.05) is 33.6 Å². The summed E-state index contributed by atoms with van der Waals surface area (Å²) in [6.45, 7) is 4.38. The van der Waals surface area contributed by atoms with Crippen molar-refractivity contribution >= 4 is 40.0 Å². The Kier molecular flexibility index (Phi) is 4.79. The highest BCUT2D eigenvalue weighted by molar-refractivity contribution is 8.00. The molecular formula is C19H18ClNOS. The third kappa shape index (κ3) is 3.62. The molecule has 1 heterocycles. The maximum Gasteiger partial charge on any atom is 0.142 e. The van der Waals surface area contributed by atoms with Crippen LogP contribution < -0.4 is 0 Å². The maximum absolute atomic E-state index is 11.6. The predicted molar refractivity (Wildman–Crippen MR) is 98.5 cm³/mol. The minimum Gasteiger partial charge on any atom is -0.342 e. The normalized spacial score (nSPS) is 12.5. The van der Waals surface area contributed by atoms with Crippen LogP contribution >= 0.6 is 23.4 Å². The molecule has 0 aliphatic carbocycles. The summed E-state index contributed by atoms with van der Waals surface area (Å²) in [6.07, 6.45) is 2.14. The number of hydrogen-bond donors (Lipinski definition) is 0. The van der Waals surface area contributed by atoms with Crippen LogP contribution in [0.3, 0.4) is 0 Å². The molecule has 1 atom stereocenters. The lowest BCUT2D eigenvalue weighted by Gasteiger charge is -2.06. The summed E-state index contributed by atoms with van der Waals surface area (Å²) in [4.78, 5) is 12.7. The van der Waals surface area contributed by atoms with Crippen molar-refractivity contribution in [2.75, 3.05) is 0 Å². The van der Waals surface area contributed by atoms with Crippen LogP contribution in [0.1, 0.15) is 19.4 Å². The molecule has 3 rings (SSSR count). The Labute approximate surface area is 145 Å². The molecule has 3 aromatic rings. The lowest BCUT2D eigenvalue weighted by molar-refractivity contribution is -0.116. The number of benzene rings is 2. The largest absolute Gasteiger partial charge is 0.342 e. The highest BCUT2D eigenvalue weighted by atomic mass is 35.5. The summed E-state index contributed by atoms with van der Waals surface area (Å²) in [5.41, 5.74) is 2.38. The van der Waals surface area contributed by atoms with Crippen LogP contribution in [0.25, 0.3) is 10.9 Å². The summed E-state index contributed by atoms with van der Waals surface area (Å²) in [5, 5.41) is 1.90. The molecule has 0 N–H and O–H groups in total. The van der Waals surface area contributed by atoms with Crippen LogP contribution in [0.4, 0.5) is 0 Å². The van der Waals surface area contributed by atoms with Crippen molar-refractivity contribution in [3.63, 3.8) is 0 Å². The molecular weight excluding hydrogens is 326 g/mol. The molecule has 0 saturated heterocycles. The van der Waals surface area contributed by atoms with E-state index < -0.39 is 0 Å². The molecule has 0 aliphatic rings. The van der Waals surface area contributed by atoms with Crippen LogP contribution in [-0.2, 0) is 11.3 Å². The zero-order valence-corrected chi connectivity index (χ0v) is 14.7. The third-order valence-electron chi connectivity index (χ3n) is 3.89. The van der Waals surface area contributed by atoms with E-state index in [0.717, 1.165) is 16.5 Å². The van der Waals surface area contributed by atoms with Crippen molar-refractivity contribution in [3.8, 4) is 0 Å². The fourth-order valence-electron chi connectivity index (χ4n) is 2.50. The number of rotatable bonds is 5. The van der Waals surface area contributed by atoms with Gasteiger partial charge in [-0.05, 0) is 37.6 Å². The lowest BCUT2D eigenvalue weighted by Crippen LogP contribution is -2.07. The number of ketones is 1. The van der Waals surface area contributed by atoms with Crippen molar-refractivity contribution in [2.45, 2.75) is 30.5 Å². The van der Waals surface area contributed by atoms with Crippen molar-refractivity contribution in [1.82, 2.24) is 4.57 Å². The second-order valence-electron chi connectivity index (χ2n) is 5.64. The van der Waals surface area contributed by atoms with Gasteiger partial charge in [-0.15, -0.1) is 11.8 Å². The fourth-order valence-corrected chi connectivity index (χ4v) is 3.66. The standard InChI is InChI=1S/C19H18ClNOS/c1-13(22)14(2)23-19-12-21(18-6-4-3-5-17(18)19)11-15-7-9-16(20)10-8-15/h3-10,12,14H,11H2,1-2H3. The number of aromatic nitrogens is 1. The zero-order chi connectivity index (χ0) is 16.4. The Bertz CT molecular complexity index is 838. The molecule has 2 aromatic carbocycles. The fraction of sp³-hybridized carbons (Fsp3) is 0.211. The van der Waals surface area contributed by atoms with E-state index in [0.29, 0.717) is 0 Å². The highest BCUT2D eigenvalue weighted by Crippen LogP contribution is 2.33. The Hall–Kier alpha value is -1.71. The quantitative estimate of drug-likeness (QED) is 0.577. The molecule has 0 bridgehead atoms. The molecule has 1 aromatic heterocycles. The molecule has 2 nitrogen and oxygen atoms in total. The van der Waals surface area contributed by atoms with Crippen LogP contribution in [0.15, 0.2) is 59.6 Å². The first-order valence-corrected chi connectivity index (χ1v) is 8.80. The first-order chi connectivity index (χ1) is 11.0. The third-order valence-corrected chi connectivity index (χ3v) is 5.41. The minimum absolute atomic E-state index is 0.0372. The number of Topliss-reactive ketones (excluding diaryl/α,β-unsaturated/α-hetero) is 1. The number of carbonyl (C=O) groups excluding carboxylic acids is 1. The second-order valence-corrected chi connectivity index (χ2v) is 7.45. The van der Waals surface area contributed by atoms with E-state index in [2.05, 4.69) is 22.9 Å². The molecule has 0 amide bonds. The number of hydrogen-bond acceptors (Lipinski definition) is 2. The van der Waals surface area contributed by atoms with Crippen molar-refractivity contribution < 1.29 is 4.79 Å². The zero-order valence-electron chi connectivity index (χ0n) is 13.1. The van der Waals surface area contributed by atoms with Crippen molar-refractivity contribution in [2.24, 2.45) is 0 Å². The minimum atomic E-state index is -0.0372. The van der Waals surface area contributed by atoms with Gasteiger partial charge in [-0.1, -0.05) is 41.9 Å². The smallest absolute Gasteiger partial charge is 0.142 e. The Morgan fingerprint density at radius 2 is 1.87 bits per heavy atom. The lowest BCUT2D eigenvalue weighted by atomic mass is 10.2. The van der Waals surface area contributed by atoms with Gasteiger partial charge in [0.15, 0.2) is 0 Å². The molecule has 0 aliphatic heterocycles. The molecule has 0 radical (unpaired) electrons. The molecule has 4 heteroatoms. The number of thioether (sulfide) groups is 1. The van der Waals surface area contributed by atoms with Gasteiger partial charge in [0.05, 0.1) is 5.25 Å². The van der Waals surface area contributed by atoms with E-state index in [1.807, 2.05) is 43.3 Å². The summed E-state index contributed by atoms with van der Waals surface area (Å²) in [7, 11) is 0. The molecule has 0 saturated carbocycles. The monoisotopic (exact) mass is 343 g/mol. The average Bonchev–Trinajstić information content (AvgIpc) is 2.88. The predicted octanol–water partition coefficient (Wildman–Crippen LogP) is 5.41. The Morgan fingerprint density at radius 3 is 2.57 bits per heavy atom. The van der Waals surface area contributed by atoms with Gasteiger partial charge in [-0.3, -0.25) is 4.79 Å². The number of nitrogens with zero attached hydrogens (tertiary/aromatic N) is 1. The van der Waals surface area contributed by atoms with Crippen molar-refractivity contribution in [3.05, 3.63) is 65.3 Å². The maximum atomic E-state index is 11.6. The number of fused-ring (bicyclic) bond motifs is 1. The molecule has 23 heavy (non-hydrogen) atoms. The van der Waals surface area contributed by atoms with Gasteiger partial charge in [-0.2, -0.15) is 0 Å². The molecule has 0 spiro atoms. The van der Waals surface area contributed by atoms with Crippen LogP contribution in [0.5, 0.6) is 0 Å². The Morgan fingerprint density at radius 1 is 1.17 bits per heavy atom. The summed E-state index contributed by atoms with van der Waals surface area (Å²) >= 11 is 7.58. The van der Waals surface area contributed by atoms with Gasteiger partial charge in [-0.25, -0.2) is 0 Å². The second kappa shape index (κ2) is 6.81. The van der Waals surface area contributed by atoms with E-state index in [1.165, 1.54) is 16.5 Å². The molecule has 1 unspecified atom stereocenters. The van der Waals surface area contributed by atoms with E-state index >= 15 is 0 Å².